The third-order valence-electron chi connectivity index (χ3n) is 6.84. The summed E-state index contributed by atoms with van der Waals surface area (Å²) in [7, 11) is -0.205. The van der Waals surface area contributed by atoms with Gasteiger partial charge in [-0.2, -0.15) is 0 Å². The fraction of sp³-hybridized carbons (Fsp3) is 0.357. The summed E-state index contributed by atoms with van der Waals surface area (Å²) in [5.41, 5.74) is 2.19. The summed E-state index contributed by atoms with van der Waals surface area (Å²) in [6.07, 6.45) is 0.837. The zero-order valence-corrected chi connectivity index (χ0v) is 22.5. The van der Waals surface area contributed by atoms with Gasteiger partial charge in [-0.15, -0.1) is 0 Å². The normalized spacial score (nSPS) is 15.7. The van der Waals surface area contributed by atoms with Gasteiger partial charge in [0.25, 0.3) is 0 Å². The molecular formula is C28H34ClN3O3S. The molecule has 1 atom stereocenters. The van der Waals surface area contributed by atoms with Crippen molar-refractivity contribution in [1.82, 2.24) is 9.21 Å². The van der Waals surface area contributed by atoms with Gasteiger partial charge in [0, 0.05) is 44.8 Å². The lowest BCUT2D eigenvalue weighted by molar-refractivity contribution is 0.243. The number of benzene rings is 3. The number of sulfonamides is 1. The van der Waals surface area contributed by atoms with E-state index in [2.05, 4.69) is 15.9 Å². The zero-order valence-electron chi connectivity index (χ0n) is 20.9. The lowest BCUT2D eigenvalue weighted by Crippen LogP contribution is -2.47. The predicted molar refractivity (Wildman–Crippen MR) is 147 cm³/mol. The van der Waals surface area contributed by atoms with Crippen molar-refractivity contribution in [2.75, 3.05) is 58.3 Å². The van der Waals surface area contributed by atoms with E-state index in [0.717, 1.165) is 56.1 Å². The van der Waals surface area contributed by atoms with Crippen molar-refractivity contribution in [3.8, 4) is 5.75 Å². The second-order valence-electron chi connectivity index (χ2n) is 9.14. The minimum atomic E-state index is -3.57. The lowest BCUT2D eigenvalue weighted by Gasteiger charge is -2.37. The molecule has 192 valence electrons. The fourth-order valence-electron chi connectivity index (χ4n) is 4.75. The maximum atomic E-state index is 13.2. The molecule has 1 unspecified atom stereocenters. The van der Waals surface area contributed by atoms with Gasteiger partial charge in [0.2, 0.25) is 10.0 Å². The van der Waals surface area contributed by atoms with Crippen LogP contribution in [0.15, 0.2) is 83.8 Å². The van der Waals surface area contributed by atoms with Gasteiger partial charge in [-0.3, -0.25) is 4.90 Å². The van der Waals surface area contributed by atoms with E-state index in [0.29, 0.717) is 16.5 Å². The minimum absolute atomic E-state index is 0.0273. The average Bonchev–Trinajstić information content (AvgIpc) is 2.91. The first-order chi connectivity index (χ1) is 17.4. The SMILES string of the molecule is COc1ccccc1N1CCN(CCC(CN(C)S(=O)(=O)c2ccccc2)c2cccc(Cl)c2)CC1. The topological polar surface area (TPSA) is 53.1 Å². The molecule has 3 aromatic carbocycles. The van der Waals surface area contributed by atoms with Gasteiger partial charge in [-0.1, -0.05) is 54.1 Å². The quantitative estimate of drug-likeness (QED) is 0.373. The Hall–Kier alpha value is -2.58. The van der Waals surface area contributed by atoms with Gasteiger partial charge >= 0.3 is 0 Å². The van der Waals surface area contributed by atoms with Gasteiger partial charge in [-0.05, 0) is 60.8 Å². The smallest absolute Gasteiger partial charge is 0.242 e. The molecule has 36 heavy (non-hydrogen) atoms. The summed E-state index contributed by atoms with van der Waals surface area (Å²) in [6, 6.07) is 24.5. The first-order valence-corrected chi connectivity index (χ1v) is 14.1. The third kappa shape index (κ3) is 6.40. The van der Waals surface area contributed by atoms with Crippen LogP contribution in [0.5, 0.6) is 5.75 Å². The molecule has 0 aromatic heterocycles. The summed E-state index contributed by atoms with van der Waals surface area (Å²) in [5.74, 6) is 0.925. The maximum absolute atomic E-state index is 13.2. The Kier molecular flexibility index (Phi) is 8.90. The van der Waals surface area contributed by atoms with Gasteiger partial charge in [0.1, 0.15) is 5.75 Å². The molecule has 0 saturated carbocycles. The molecule has 0 N–H and O–H groups in total. The van der Waals surface area contributed by atoms with Crippen LogP contribution >= 0.6 is 11.6 Å². The molecule has 0 amide bonds. The summed E-state index contributed by atoms with van der Waals surface area (Å²) >= 11 is 6.30. The van der Waals surface area contributed by atoms with Crippen LogP contribution in [0.25, 0.3) is 0 Å². The molecule has 0 radical (unpaired) electrons. The first kappa shape index (κ1) is 26.5. The maximum Gasteiger partial charge on any atom is 0.242 e. The predicted octanol–water partition coefficient (Wildman–Crippen LogP) is 4.97. The monoisotopic (exact) mass is 527 g/mol. The number of halogens is 1. The van der Waals surface area contributed by atoms with Crippen LogP contribution in [0.1, 0.15) is 17.9 Å². The number of hydrogen-bond donors (Lipinski definition) is 0. The molecular weight excluding hydrogens is 494 g/mol. The van der Waals surface area contributed by atoms with Crippen molar-refractivity contribution >= 4 is 27.3 Å². The summed E-state index contributed by atoms with van der Waals surface area (Å²) < 4.78 is 33.3. The van der Waals surface area contributed by atoms with Crippen LogP contribution in [0, 0.1) is 0 Å². The van der Waals surface area contributed by atoms with Crippen LogP contribution in [-0.2, 0) is 10.0 Å². The molecule has 1 fully saturated rings. The Morgan fingerprint density at radius 1 is 0.944 bits per heavy atom. The molecule has 1 aliphatic heterocycles. The number of likely N-dealkylation sites (N-methyl/N-ethyl adjacent to an activating group) is 1. The van der Waals surface area contributed by atoms with Gasteiger partial charge in [-0.25, -0.2) is 12.7 Å². The van der Waals surface area contributed by atoms with Crippen LogP contribution in [0.2, 0.25) is 5.02 Å². The molecule has 8 heteroatoms. The van der Waals surface area contributed by atoms with Crippen molar-refractivity contribution in [3.05, 3.63) is 89.4 Å². The van der Waals surface area contributed by atoms with Crippen LogP contribution in [-0.4, -0.2) is 71.0 Å². The van der Waals surface area contributed by atoms with E-state index in [1.807, 2.05) is 48.5 Å². The van der Waals surface area contributed by atoms with E-state index in [1.54, 1.807) is 38.4 Å². The largest absolute Gasteiger partial charge is 0.495 e. The molecule has 4 rings (SSSR count). The highest BCUT2D eigenvalue weighted by molar-refractivity contribution is 7.89. The standard InChI is InChI=1S/C28H34ClN3O3S/c1-30(36(33,34)26-11-4-3-5-12-26)22-24(23-9-8-10-25(29)21-23)15-16-31-17-19-32(20-18-31)27-13-6-7-14-28(27)35-2/h3-14,21,24H,15-20,22H2,1-2H3. The molecule has 0 spiro atoms. The Morgan fingerprint density at radius 2 is 1.64 bits per heavy atom. The van der Waals surface area contributed by atoms with Crippen LogP contribution in [0.3, 0.4) is 0 Å². The van der Waals surface area contributed by atoms with Gasteiger partial charge in [0.15, 0.2) is 0 Å². The van der Waals surface area contributed by atoms with Crippen molar-refractivity contribution in [3.63, 3.8) is 0 Å². The fourth-order valence-corrected chi connectivity index (χ4v) is 6.18. The van der Waals surface area contributed by atoms with E-state index in [1.165, 1.54) is 4.31 Å². The molecule has 0 bridgehead atoms. The molecule has 0 aliphatic carbocycles. The lowest BCUT2D eigenvalue weighted by atomic mass is 9.95. The molecule has 3 aromatic rings. The Bertz CT molecular complexity index is 1230. The summed E-state index contributed by atoms with van der Waals surface area (Å²) in [6.45, 7) is 5.00. The highest BCUT2D eigenvalue weighted by Gasteiger charge is 2.26. The summed E-state index contributed by atoms with van der Waals surface area (Å²) in [4.78, 5) is 5.13. The Labute approximate surface area is 220 Å². The van der Waals surface area contributed by atoms with Crippen molar-refractivity contribution in [2.45, 2.75) is 17.2 Å². The second-order valence-corrected chi connectivity index (χ2v) is 11.6. The Balaban J connectivity index is 1.42. The number of hydrogen-bond acceptors (Lipinski definition) is 5. The third-order valence-corrected chi connectivity index (χ3v) is 8.91. The van der Waals surface area contributed by atoms with Gasteiger partial charge in [0.05, 0.1) is 17.7 Å². The van der Waals surface area contributed by atoms with Gasteiger partial charge < -0.3 is 9.64 Å². The van der Waals surface area contributed by atoms with E-state index < -0.39 is 10.0 Å². The number of nitrogens with zero attached hydrogens (tertiary/aromatic N) is 3. The number of ether oxygens (including phenoxy) is 1. The highest BCUT2D eigenvalue weighted by atomic mass is 35.5. The number of anilines is 1. The molecule has 1 heterocycles. The van der Waals surface area contributed by atoms with E-state index in [4.69, 9.17) is 16.3 Å². The first-order valence-electron chi connectivity index (χ1n) is 12.3. The van der Waals surface area contributed by atoms with Crippen molar-refractivity contribution in [1.29, 1.82) is 0 Å². The second kappa shape index (κ2) is 12.1. The minimum Gasteiger partial charge on any atom is -0.495 e. The molecule has 1 aliphatic rings. The summed E-state index contributed by atoms with van der Waals surface area (Å²) in [5, 5.41) is 0.663. The molecule has 6 nitrogen and oxygen atoms in total. The van der Waals surface area contributed by atoms with Crippen LogP contribution in [0.4, 0.5) is 5.69 Å². The van der Waals surface area contributed by atoms with E-state index >= 15 is 0 Å². The van der Waals surface area contributed by atoms with E-state index in [-0.39, 0.29) is 5.92 Å². The highest BCUT2D eigenvalue weighted by Crippen LogP contribution is 2.29. The Morgan fingerprint density at radius 3 is 2.33 bits per heavy atom. The average molecular weight is 528 g/mol. The van der Waals surface area contributed by atoms with E-state index in [9.17, 15) is 8.42 Å². The zero-order chi connectivity index (χ0) is 25.5. The number of rotatable bonds is 10. The number of para-hydroxylation sites is 2. The van der Waals surface area contributed by atoms with Crippen LogP contribution < -0.4 is 9.64 Å². The van der Waals surface area contributed by atoms with Crippen molar-refractivity contribution < 1.29 is 13.2 Å². The number of piperazine rings is 1. The number of methoxy groups -OCH3 is 1. The molecule has 1 saturated heterocycles. The van der Waals surface area contributed by atoms with Crippen molar-refractivity contribution in [2.24, 2.45) is 0 Å².